The number of benzene rings is 1. The highest BCUT2D eigenvalue weighted by molar-refractivity contribution is 5.83. The molecule has 1 fully saturated rings. The highest BCUT2D eigenvalue weighted by Gasteiger charge is 2.50. The van der Waals surface area contributed by atoms with Crippen LogP contribution in [0.4, 0.5) is 0 Å². The number of hydrogen-bond acceptors (Lipinski definition) is 4. The first-order chi connectivity index (χ1) is 15.6. The largest absolute Gasteiger partial charge is 0.396 e. The molecule has 1 aromatic carbocycles. The van der Waals surface area contributed by atoms with Gasteiger partial charge in [0, 0.05) is 36.2 Å². The number of nitrogens with zero attached hydrogens (tertiary/aromatic N) is 1. The lowest BCUT2D eigenvalue weighted by Crippen LogP contribution is -2.46. The van der Waals surface area contributed by atoms with Gasteiger partial charge in [-0.25, -0.2) is 0 Å². The summed E-state index contributed by atoms with van der Waals surface area (Å²) in [6.45, 7) is 2.41. The van der Waals surface area contributed by atoms with Crippen LogP contribution in [0.2, 0.25) is 0 Å². The number of aliphatic hydroxyl groups is 1. The number of allylic oxidation sites excluding steroid dienone is 2. The van der Waals surface area contributed by atoms with E-state index in [1.165, 1.54) is 6.42 Å². The van der Waals surface area contributed by atoms with E-state index in [1.807, 2.05) is 54.0 Å². The molecule has 5 atom stereocenters. The molecule has 32 heavy (non-hydrogen) atoms. The number of carbonyl (C=O) groups is 1. The van der Waals surface area contributed by atoms with Crippen LogP contribution < -0.4 is 16.2 Å². The van der Waals surface area contributed by atoms with Crippen molar-refractivity contribution in [3.63, 3.8) is 0 Å². The molecule has 2 aromatic rings. The Kier molecular flexibility index (Phi) is 5.74. The average molecular weight is 434 g/mol. The Balaban J connectivity index is 1.37. The van der Waals surface area contributed by atoms with Crippen molar-refractivity contribution in [3.8, 4) is 0 Å². The van der Waals surface area contributed by atoms with E-state index in [-0.39, 0.29) is 42.0 Å². The first-order valence-electron chi connectivity index (χ1n) is 11.7. The molecule has 0 unspecified atom stereocenters. The molecule has 3 N–H and O–H groups in total. The van der Waals surface area contributed by atoms with Gasteiger partial charge in [0.2, 0.25) is 5.91 Å². The van der Waals surface area contributed by atoms with Gasteiger partial charge >= 0.3 is 0 Å². The number of nitrogens with one attached hydrogen (secondary N) is 2. The molecule has 3 aliphatic rings. The zero-order chi connectivity index (χ0) is 22.2. The predicted octanol–water partition coefficient (Wildman–Crippen LogP) is 2.93. The van der Waals surface area contributed by atoms with Crippen LogP contribution in [0, 0.1) is 11.8 Å². The van der Waals surface area contributed by atoms with Crippen LogP contribution in [-0.4, -0.2) is 28.2 Å². The van der Waals surface area contributed by atoms with Gasteiger partial charge in [0.15, 0.2) is 0 Å². The third-order valence-electron chi connectivity index (χ3n) is 7.47. The second kappa shape index (κ2) is 8.68. The second-order valence-electron chi connectivity index (χ2n) is 9.34. The molecule has 2 aliphatic heterocycles. The molecule has 0 spiro atoms. The topological polar surface area (TPSA) is 83.4 Å². The van der Waals surface area contributed by atoms with E-state index in [1.54, 1.807) is 0 Å². The van der Waals surface area contributed by atoms with Gasteiger partial charge in [-0.05, 0) is 55.9 Å². The highest BCUT2D eigenvalue weighted by atomic mass is 16.3. The fourth-order valence-electron chi connectivity index (χ4n) is 5.71. The number of hydrogen-bond donors (Lipinski definition) is 3. The summed E-state index contributed by atoms with van der Waals surface area (Å²) in [5.74, 6) is -0.321. The summed E-state index contributed by atoms with van der Waals surface area (Å²) in [4.78, 5) is 26.4. The van der Waals surface area contributed by atoms with Crippen LogP contribution in [-0.2, 0) is 11.3 Å². The van der Waals surface area contributed by atoms with Gasteiger partial charge in [-0.1, -0.05) is 36.4 Å². The molecule has 1 saturated heterocycles. The molecular weight excluding hydrogens is 402 g/mol. The fourth-order valence-corrected chi connectivity index (χ4v) is 5.71. The first-order valence-corrected chi connectivity index (χ1v) is 11.7. The van der Waals surface area contributed by atoms with E-state index in [4.69, 9.17) is 0 Å². The summed E-state index contributed by atoms with van der Waals surface area (Å²) in [5.41, 5.74) is 3.99. The minimum absolute atomic E-state index is 0.0195. The number of pyridine rings is 1. The van der Waals surface area contributed by atoms with E-state index in [2.05, 4.69) is 16.7 Å². The Morgan fingerprint density at radius 2 is 2.03 bits per heavy atom. The van der Waals surface area contributed by atoms with Crippen molar-refractivity contribution in [2.24, 2.45) is 11.8 Å². The number of fused-ring (bicyclic) bond motifs is 3. The summed E-state index contributed by atoms with van der Waals surface area (Å²) in [6, 6.07) is 13.1. The summed E-state index contributed by atoms with van der Waals surface area (Å²) in [6.07, 6.45) is 6.51. The quantitative estimate of drug-likeness (QED) is 0.677. The molecule has 168 valence electrons. The van der Waals surface area contributed by atoms with E-state index in [9.17, 15) is 14.7 Å². The van der Waals surface area contributed by atoms with Crippen LogP contribution in [0.5, 0.6) is 0 Å². The Labute approximate surface area is 188 Å². The van der Waals surface area contributed by atoms with Crippen molar-refractivity contribution >= 4 is 11.5 Å². The minimum Gasteiger partial charge on any atom is -0.396 e. The average Bonchev–Trinajstić information content (AvgIpc) is 3.37. The number of aromatic nitrogens is 1. The van der Waals surface area contributed by atoms with Crippen molar-refractivity contribution in [1.82, 2.24) is 15.2 Å². The van der Waals surface area contributed by atoms with Gasteiger partial charge in [-0.2, -0.15) is 0 Å². The van der Waals surface area contributed by atoms with Crippen LogP contribution in [0.1, 0.15) is 61.5 Å². The molecule has 0 saturated carbocycles. The van der Waals surface area contributed by atoms with Gasteiger partial charge in [0.05, 0.1) is 18.1 Å². The van der Waals surface area contributed by atoms with Crippen molar-refractivity contribution in [2.45, 2.75) is 57.3 Å². The summed E-state index contributed by atoms with van der Waals surface area (Å²) >= 11 is 0. The molecule has 0 bridgehead atoms. The Bertz CT molecular complexity index is 1090. The van der Waals surface area contributed by atoms with Gasteiger partial charge in [-0.15, -0.1) is 0 Å². The standard InChI is InChI=1S/C26H31N3O3/c1-16(17-8-4-2-5-9-17)27-25(31)24-21(15-30)20-14-29-22(23(20)28-24)13-12-19(26(29)32)18-10-6-3-7-11-18/h2,4-5,8-10,12-13,16,20-21,23-24,28,30H,3,6-7,11,14-15H2,1H3,(H,27,31)/t16-,20+,21+,23-,24+/m0/s1. The number of rotatable bonds is 5. The van der Waals surface area contributed by atoms with Crippen molar-refractivity contribution in [1.29, 1.82) is 0 Å². The fraction of sp³-hybridized carbons (Fsp3) is 0.462. The normalized spacial score (nSPS) is 27.4. The molecular formula is C26H31N3O3. The summed E-state index contributed by atoms with van der Waals surface area (Å²) < 4.78 is 1.86. The molecule has 6 heteroatoms. The van der Waals surface area contributed by atoms with Gasteiger partial charge < -0.3 is 15.0 Å². The van der Waals surface area contributed by atoms with E-state index < -0.39 is 6.04 Å². The molecule has 3 heterocycles. The molecule has 5 rings (SSSR count). The first kappa shape index (κ1) is 21.2. The predicted molar refractivity (Wildman–Crippen MR) is 124 cm³/mol. The van der Waals surface area contributed by atoms with E-state index >= 15 is 0 Å². The monoisotopic (exact) mass is 433 g/mol. The summed E-state index contributed by atoms with van der Waals surface area (Å²) in [7, 11) is 0. The van der Waals surface area contributed by atoms with Crippen molar-refractivity contribution in [2.75, 3.05) is 6.61 Å². The van der Waals surface area contributed by atoms with E-state index in [0.717, 1.165) is 41.7 Å². The Hall–Kier alpha value is -2.70. The van der Waals surface area contributed by atoms with Crippen LogP contribution in [0.3, 0.4) is 0 Å². The lowest BCUT2D eigenvalue weighted by Gasteiger charge is -2.23. The molecule has 1 aliphatic carbocycles. The number of amides is 1. The maximum Gasteiger partial charge on any atom is 0.258 e. The summed E-state index contributed by atoms with van der Waals surface area (Å²) in [5, 5.41) is 16.7. The van der Waals surface area contributed by atoms with Gasteiger partial charge in [0.25, 0.3) is 5.56 Å². The zero-order valence-electron chi connectivity index (χ0n) is 18.5. The molecule has 1 aromatic heterocycles. The van der Waals surface area contributed by atoms with Crippen LogP contribution in [0.25, 0.3) is 5.57 Å². The number of aliphatic hydroxyl groups excluding tert-OH is 1. The van der Waals surface area contributed by atoms with Gasteiger partial charge in [0.1, 0.15) is 0 Å². The Morgan fingerprint density at radius 3 is 2.75 bits per heavy atom. The second-order valence-corrected chi connectivity index (χ2v) is 9.34. The lowest BCUT2D eigenvalue weighted by atomic mass is 9.88. The van der Waals surface area contributed by atoms with Crippen molar-refractivity contribution in [3.05, 3.63) is 75.7 Å². The maximum absolute atomic E-state index is 13.3. The zero-order valence-corrected chi connectivity index (χ0v) is 18.5. The minimum atomic E-state index is -0.481. The smallest absolute Gasteiger partial charge is 0.258 e. The van der Waals surface area contributed by atoms with Crippen molar-refractivity contribution < 1.29 is 9.90 Å². The van der Waals surface area contributed by atoms with Crippen LogP contribution >= 0.6 is 0 Å². The van der Waals surface area contributed by atoms with Crippen LogP contribution in [0.15, 0.2) is 53.3 Å². The Morgan fingerprint density at radius 1 is 1.22 bits per heavy atom. The van der Waals surface area contributed by atoms with Gasteiger partial charge in [-0.3, -0.25) is 14.9 Å². The highest BCUT2D eigenvalue weighted by Crippen LogP contribution is 2.43. The molecule has 6 nitrogen and oxygen atoms in total. The number of carbonyl (C=O) groups excluding carboxylic acids is 1. The third-order valence-corrected chi connectivity index (χ3v) is 7.47. The van der Waals surface area contributed by atoms with E-state index in [0.29, 0.717) is 6.54 Å². The molecule has 0 radical (unpaired) electrons. The molecule has 1 amide bonds. The SMILES string of the molecule is C[C@H](NC(=O)[C@@H]1N[C@@H]2c3ccc(C4=CCCCC4)c(=O)n3C[C@@H]2[C@H]1CO)c1ccccc1. The lowest BCUT2D eigenvalue weighted by molar-refractivity contribution is -0.125. The third kappa shape index (κ3) is 3.61. The maximum atomic E-state index is 13.3.